The van der Waals surface area contributed by atoms with Gasteiger partial charge in [0, 0.05) is 0 Å². The summed E-state index contributed by atoms with van der Waals surface area (Å²) < 4.78 is 22.7. The van der Waals surface area contributed by atoms with Crippen molar-refractivity contribution in [3.05, 3.63) is 99.6 Å². The molecule has 2 N–H and O–H groups in total. The van der Waals surface area contributed by atoms with E-state index in [0.717, 1.165) is 64.2 Å². The number of fused-ring (bicyclic) bond motifs is 6. The smallest absolute Gasteiger partial charge is 0.338 e. The molecule has 62 heavy (non-hydrogen) atoms. The number of benzene rings is 3. The molecule has 8 unspecified atom stereocenters. The second kappa shape index (κ2) is 18.1. The summed E-state index contributed by atoms with van der Waals surface area (Å²) in [6.45, 7) is 16.7. The fraction of sp³-hybridized carbons (Fsp3) is 0.604. The quantitative estimate of drug-likeness (QED) is 0.120. The Kier molecular flexibility index (Phi) is 13.4. The number of hydrogen-bond acceptors (Lipinski definition) is 9. The number of aryl methyl sites for hydroxylation is 2. The first-order chi connectivity index (χ1) is 29.4. The number of carbonyl (C=O) groups excluding carboxylic acids is 3. The summed E-state index contributed by atoms with van der Waals surface area (Å²) in [6, 6.07) is 20.0. The zero-order chi connectivity index (χ0) is 44.6. The van der Waals surface area contributed by atoms with E-state index in [9.17, 15) is 24.6 Å². The first kappa shape index (κ1) is 45.8. The summed E-state index contributed by atoms with van der Waals surface area (Å²) in [6.07, 6.45) is 6.90. The molecule has 8 atom stereocenters. The first-order valence-corrected chi connectivity index (χ1v) is 23.3. The number of aliphatic hydroxyl groups excluding tert-OH is 2. The van der Waals surface area contributed by atoms with Crippen LogP contribution in [0.1, 0.15) is 162 Å². The molecule has 0 heterocycles. The van der Waals surface area contributed by atoms with Gasteiger partial charge in [-0.1, -0.05) is 90.8 Å². The van der Waals surface area contributed by atoms with Crippen molar-refractivity contribution >= 4 is 17.9 Å². The summed E-state index contributed by atoms with van der Waals surface area (Å²) in [7, 11) is 0. The highest BCUT2D eigenvalue weighted by Crippen LogP contribution is 2.59. The molecule has 0 spiro atoms. The molecular weight excluding hydrogens is 781 g/mol. The maximum Gasteiger partial charge on any atom is 0.338 e. The molecule has 9 nitrogen and oxygen atoms in total. The van der Waals surface area contributed by atoms with Gasteiger partial charge in [-0.25, -0.2) is 4.79 Å². The first-order valence-electron chi connectivity index (χ1n) is 23.3. The third kappa shape index (κ3) is 8.82. The van der Waals surface area contributed by atoms with Crippen LogP contribution in [0.15, 0.2) is 60.7 Å². The Morgan fingerprint density at radius 3 is 1.48 bits per heavy atom. The van der Waals surface area contributed by atoms with Crippen LogP contribution in [0, 0.1) is 22.7 Å². The lowest BCUT2D eigenvalue weighted by Gasteiger charge is -2.54. The number of rotatable bonds is 14. The van der Waals surface area contributed by atoms with Gasteiger partial charge in [-0.3, -0.25) is 9.59 Å². The predicted molar refractivity (Wildman–Crippen MR) is 239 cm³/mol. The highest BCUT2D eigenvalue weighted by atomic mass is 16.6. The van der Waals surface area contributed by atoms with E-state index in [1.165, 1.54) is 45.5 Å². The summed E-state index contributed by atoms with van der Waals surface area (Å²) in [4.78, 5) is 40.3. The molecular formula is C53H70O9. The van der Waals surface area contributed by atoms with Gasteiger partial charge in [-0.15, -0.1) is 0 Å². The fourth-order valence-corrected chi connectivity index (χ4v) is 12.1. The maximum atomic E-state index is 13.8. The molecule has 0 amide bonds. The third-order valence-electron chi connectivity index (χ3n) is 15.8. The van der Waals surface area contributed by atoms with Gasteiger partial charge in [0.05, 0.1) is 16.4 Å². The highest BCUT2D eigenvalue weighted by molar-refractivity contribution is 5.89. The molecule has 7 rings (SSSR count). The molecule has 336 valence electrons. The van der Waals surface area contributed by atoms with Gasteiger partial charge in [0.25, 0.3) is 0 Å². The van der Waals surface area contributed by atoms with Crippen LogP contribution in [0.25, 0.3) is 0 Å². The lowest BCUT2D eigenvalue weighted by Crippen LogP contribution is -2.53. The van der Waals surface area contributed by atoms with Gasteiger partial charge >= 0.3 is 17.9 Å². The van der Waals surface area contributed by atoms with Crippen molar-refractivity contribution in [3.63, 3.8) is 0 Å². The zero-order valence-electron chi connectivity index (χ0n) is 38.4. The molecule has 2 fully saturated rings. The Morgan fingerprint density at radius 1 is 0.597 bits per heavy atom. The minimum atomic E-state index is -1.18. The second-order valence-electron chi connectivity index (χ2n) is 20.6. The second-order valence-corrected chi connectivity index (χ2v) is 20.6. The Bertz CT molecular complexity index is 2110. The van der Waals surface area contributed by atoms with Gasteiger partial charge in [-0.2, -0.15) is 0 Å². The Labute approximate surface area is 369 Å². The zero-order valence-corrected chi connectivity index (χ0v) is 38.4. The van der Waals surface area contributed by atoms with Gasteiger partial charge in [0.1, 0.15) is 44.4 Å². The van der Waals surface area contributed by atoms with Crippen LogP contribution in [0.3, 0.4) is 0 Å². The van der Waals surface area contributed by atoms with Gasteiger partial charge in [0.2, 0.25) is 0 Å². The molecule has 9 heteroatoms. The Balaban J connectivity index is 0.843. The number of ether oxygens (including phenoxy) is 4. The van der Waals surface area contributed by atoms with E-state index in [-0.39, 0.29) is 66.6 Å². The number of aliphatic hydroxyl groups is 2. The SMILES string of the molecule is CC(C)c1ccc2c(c1)CCC1C(C)(C(=O)OCC(O)COC(=O)c3ccc(OCC(O)COC(=O)C4(C)CCCC5(C)c6ccc(C(C)C)cc6CCC45)cc3)CCCC21C. The van der Waals surface area contributed by atoms with Crippen molar-refractivity contribution in [2.75, 3.05) is 26.4 Å². The maximum absolute atomic E-state index is 13.8. The van der Waals surface area contributed by atoms with Crippen LogP contribution in [0.5, 0.6) is 5.75 Å². The molecule has 3 aromatic carbocycles. The third-order valence-corrected chi connectivity index (χ3v) is 15.8. The van der Waals surface area contributed by atoms with Crippen molar-refractivity contribution in [3.8, 4) is 5.75 Å². The van der Waals surface area contributed by atoms with Crippen LogP contribution in [0.2, 0.25) is 0 Å². The van der Waals surface area contributed by atoms with Crippen molar-refractivity contribution < 1.29 is 43.5 Å². The molecule has 2 saturated carbocycles. The van der Waals surface area contributed by atoms with Crippen LogP contribution >= 0.6 is 0 Å². The number of esters is 3. The van der Waals surface area contributed by atoms with Crippen LogP contribution in [0.4, 0.5) is 0 Å². The van der Waals surface area contributed by atoms with Crippen LogP contribution < -0.4 is 4.74 Å². The normalized spacial score (nSPS) is 28.7. The van der Waals surface area contributed by atoms with E-state index < -0.39 is 29.0 Å². The average molecular weight is 851 g/mol. The molecule has 4 aliphatic carbocycles. The van der Waals surface area contributed by atoms with Gasteiger partial charge in [0.15, 0.2) is 0 Å². The number of hydrogen-bond donors (Lipinski definition) is 2. The summed E-state index contributed by atoms with van der Waals surface area (Å²) in [5.74, 6) is 0.410. The fourth-order valence-electron chi connectivity index (χ4n) is 12.1. The molecule has 0 aromatic heterocycles. The van der Waals surface area contributed by atoms with E-state index in [2.05, 4.69) is 77.9 Å². The largest absolute Gasteiger partial charge is 0.491 e. The Hall–Kier alpha value is -4.21. The van der Waals surface area contributed by atoms with E-state index >= 15 is 0 Å². The highest BCUT2D eigenvalue weighted by Gasteiger charge is 2.57. The number of carbonyl (C=O) groups is 3. The average Bonchev–Trinajstić information content (AvgIpc) is 3.25. The lowest BCUT2D eigenvalue weighted by atomic mass is 9.49. The van der Waals surface area contributed by atoms with Gasteiger partial charge < -0.3 is 29.2 Å². The lowest BCUT2D eigenvalue weighted by molar-refractivity contribution is -0.168. The summed E-state index contributed by atoms with van der Waals surface area (Å²) in [5, 5.41) is 21.4. The van der Waals surface area contributed by atoms with E-state index in [4.69, 9.17) is 18.9 Å². The molecule has 0 saturated heterocycles. The molecule has 0 aliphatic heterocycles. The molecule has 0 radical (unpaired) electrons. The minimum absolute atomic E-state index is 0.100. The van der Waals surface area contributed by atoms with Gasteiger partial charge in [-0.05, 0) is 157 Å². The summed E-state index contributed by atoms with van der Waals surface area (Å²) >= 11 is 0. The Morgan fingerprint density at radius 2 is 1.03 bits per heavy atom. The van der Waals surface area contributed by atoms with E-state index in [1.54, 1.807) is 12.1 Å². The monoisotopic (exact) mass is 851 g/mol. The van der Waals surface area contributed by atoms with E-state index in [0.29, 0.717) is 17.6 Å². The van der Waals surface area contributed by atoms with Crippen molar-refractivity contribution in [2.24, 2.45) is 22.7 Å². The van der Waals surface area contributed by atoms with Crippen molar-refractivity contribution in [2.45, 2.75) is 154 Å². The van der Waals surface area contributed by atoms with Crippen LogP contribution in [-0.2, 0) is 47.5 Å². The predicted octanol–water partition coefficient (Wildman–Crippen LogP) is 9.70. The molecule has 3 aromatic rings. The standard InChI is InChI=1S/C53H70O9/c1-33(2)36-13-19-43-38(27-36)15-21-45-50(43,5)23-9-25-52(45,7)48(57)61-31-40(54)29-59-42-17-11-35(12-18-42)47(56)60-30-41(55)32-62-49(58)53(8)26-10-24-51(6)44-20-14-37(34(3)4)28-39(44)16-22-46(51)53/h11-14,17-20,27-28,33-34,40-41,45-46,54-55H,9-10,15-16,21-26,29-32H2,1-8H3. The molecule has 4 aliphatic rings. The van der Waals surface area contributed by atoms with Crippen molar-refractivity contribution in [1.82, 2.24) is 0 Å². The topological polar surface area (TPSA) is 129 Å². The summed E-state index contributed by atoms with van der Waals surface area (Å²) in [5.41, 5.74) is 6.89. The van der Waals surface area contributed by atoms with E-state index in [1.807, 2.05) is 13.8 Å². The van der Waals surface area contributed by atoms with Crippen molar-refractivity contribution in [1.29, 1.82) is 0 Å². The molecule has 0 bridgehead atoms. The van der Waals surface area contributed by atoms with Crippen LogP contribution in [-0.4, -0.2) is 66.8 Å². The minimum Gasteiger partial charge on any atom is -0.491 e.